The molecule has 22 heavy (non-hydrogen) atoms. The average molecular weight is 343 g/mol. The van der Waals surface area contributed by atoms with Gasteiger partial charge in [0.1, 0.15) is 0 Å². The number of hydrogen-bond donors (Lipinski definition) is 0. The lowest BCUT2D eigenvalue weighted by Crippen LogP contribution is -2.44. The molecule has 0 spiro atoms. The van der Waals surface area contributed by atoms with Gasteiger partial charge in [0, 0.05) is 14.2 Å². The molecule has 0 radical (unpaired) electrons. The second kappa shape index (κ2) is 7.52. The lowest BCUT2D eigenvalue weighted by Gasteiger charge is -2.39. The lowest BCUT2D eigenvalue weighted by atomic mass is 9.99. The quantitative estimate of drug-likeness (QED) is 0.456. The van der Waals surface area contributed by atoms with E-state index in [1.807, 2.05) is 0 Å². The van der Waals surface area contributed by atoms with Gasteiger partial charge in [0.05, 0.1) is 0 Å². The van der Waals surface area contributed by atoms with Gasteiger partial charge in [-0.2, -0.15) is 0 Å². The Morgan fingerprint density at radius 1 is 1.00 bits per heavy atom. The topological polar surface area (TPSA) is 9.23 Å². The van der Waals surface area contributed by atoms with Crippen molar-refractivity contribution in [2.24, 2.45) is 11.8 Å². The number of rotatable bonds is 7. The van der Waals surface area contributed by atoms with Crippen LogP contribution in [0.2, 0.25) is 43.8 Å². The van der Waals surface area contributed by atoms with Gasteiger partial charge in [-0.05, 0) is 42.8 Å². The predicted octanol–water partition coefficient (Wildman–Crippen LogP) is 6.93. The highest BCUT2D eigenvalue weighted by Crippen LogP contribution is 2.44. The molecule has 0 aromatic rings. The van der Waals surface area contributed by atoms with Crippen molar-refractivity contribution in [1.29, 1.82) is 0 Å². The Morgan fingerprint density at radius 2 is 1.59 bits per heavy atom. The van der Waals surface area contributed by atoms with Crippen molar-refractivity contribution in [3.63, 3.8) is 0 Å². The van der Waals surface area contributed by atoms with Crippen LogP contribution >= 0.6 is 0 Å². The minimum Gasteiger partial charge on any atom is -0.414 e. The molecule has 132 valence electrons. The van der Waals surface area contributed by atoms with E-state index in [0.29, 0.717) is 11.1 Å². The van der Waals surface area contributed by atoms with Crippen LogP contribution in [-0.2, 0) is 4.43 Å². The summed E-state index contributed by atoms with van der Waals surface area (Å²) in [4.78, 5) is 0. The third-order valence-corrected chi connectivity index (χ3v) is 12.4. The SMILES string of the molecule is CC[C@@H]1C[C@H](CCC[Si](C)(C)C)C[C@@H]1O[Si](C)(C)C(C)(C)C. The summed E-state index contributed by atoms with van der Waals surface area (Å²) in [5.74, 6) is 1.74. The molecule has 0 unspecified atom stereocenters. The first-order valence-electron chi connectivity index (χ1n) is 9.53. The van der Waals surface area contributed by atoms with Crippen molar-refractivity contribution in [2.75, 3.05) is 0 Å². The molecule has 0 heterocycles. The summed E-state index contributed by atoms with van der Waals surface area (Å²) >= 11 is 0. The van der Waals surface area contributed by atoms with E-state index < -0.39 is 16.4 Å². The number of hydrogen-bond acceptors (Lipinski definition) is 1. The van der Waals surface area contributed by atoms with Gasteiger partial charge in [-0.25, -0.2) is 0 Å². The first-order valence-corrected chi connectivity index (χ1v) is 16.1. The van der Waals surface area contributed by atoms with Crippen molar-refractivity contribution < 1.29 is 4.43 Å². The Morgan fingerprint density at radius 3 is 2.05 bits per heavy atom. The van der Waals surface area contributed by atoms with Crippen LogP contribution in [0.3, 0.4) is 0 Å². The van der Waals surface area contributed by atoms with Crippen LogP contribution in [0.1, 0.15) is 59.8 Å². The molecule has 0 aliphatic heterocycles. The van der Waals surface area contributed by atoms with E-state index in [1.165, 1.54) is 38.1 Å². The standard InChI is InChI=1S/C19H42OSi2/c1-10-17-14-16(12-11-13-21(5,6)7)15-18(17)20-22(8,9)19(2,3)4/h16-18H,10-15H2,1-9H3/t16-,17+,18-/m0/s1. The van der Waals surface area contributed by atoms with Gasteiger partial charge in [-0.1, -0.05) is 72.6 Å². The fourth-order valence-corrected chi connectivity index (χ4v) is 6.15. The van der Waals surface area contributed by atoms with Crippen molar-refractivity contribution in [3.8, 4) is 0 Å². The molecule has 1 aliphatic carbocycles. The van der Waals surface area contributed by atoms with E-state index in [4.69, 9.17) is 4.43 Å². The zero-order valence-corrected chi connectivity index (χ0v) is 18.9. The lowest BCUT2D eigenvalue weighted by molar-refractivity contribution is 0.137. The first-order chi connectivity index (χ1) is 9.86. The molecule has 1 saturated carbocycles. The molecule has 0 bridgehead atoms. The van der Waals surface area contributed by atoms with E-state index in [2.05, 4.69) is 60.4 Å². The Hall–Kier alpha value is 0.394. The highest BCUT2D eigenvalue weighted by molar-refractivity contribution is 6.76. The van der Waals surface area contributed by atoms with Crippen LogP contribution in [0, 0.1) is 11.8 Å². The fourth-order valence-electron chi connectivity index (χ4n) is 3.48. The molecule has 1 aliphatic rings. The van der Waals surface area contributed by atoms with Gasteiger partial charge in [0.25, 0.3) is 0 Å². The summed E-state index contributed by atoms with van der Waals surface area (Å²) in [6.45, 7) is 21.8. The fraction of sp³-hybridized carbons (Fsp3) is 1.00. The molecule has 0 saturated heterocycles. The van der Waals surface area contributed by atoms with Gasteiger partial charge in [-0.3, -0.25) is 0 Å². The Balaban J connectivity index is 2.55. The van der Waals surface area contributed by atoms with Crippen LogP contribution in [0.15, 0.2) is 0 Å². The maximum atomic E-state index is 6.79. The molecule has 3 atom stereocenters. The molecule has 0 N–H and O–H groups in total. The molecule has 0 aromatic heterocycles. The molecule has 3 heteroatoms. The highest BCUT2D eigenvalue weighted by Gasteiger charge is 2.43. The van der Waals surface area contributed by atoms with Crippen molar-refractivity contribution in [3.05, 3.63) is 0 Å². The third kappa shape index (κ3) is 6.12. The summed E-state index contributed by atoms with van der Waals surface area (Å²) in [7, 11) is -2.47. The van der Waals surface area contributed by atoms with E-state index in [0.717, 1.165) is 11.8 Å². The van der Waals surface area contributed by atoms with Crippen LogP contribution in [0.25, 0.3) is 0 Å². The van der Waals surface area contributed by atoms with Gasteiger partial charge < -0.3 is 4.43 Å². The summed E-state index contributed by atoms with van der Waals surface area (Å²) in [6.07, 6.45) is 7.48. The monoisotopic (exact) mass is 342 g/mol. The summed E-state index contributed by atoms with van der Waals surface area (Å²) in [5.41, 5.74) is 0. The minimum absolute atomic E-state index is 0.335. The summed E-state index contributed by atoms with van der Waals surface area (Å²) in [6, 6.07) is 1.49. The zero-order chi connectivity index (χ0) is 17.2. The molecular formula is C19H42OSi2. The van der Waals surface area contributed by atoms with Gasteiger partial charge >= 0.3 is 0 Å². The van der Waals surface area contributed by atoms with Crippen molar-refractivity contribution in [2.45, 2.75) is 110 Å². The van der Waals surface area contributed by atoms with Crippen molar-refractivity contribution in [1.82, 2.24) is 0 Å². The van der Waals surface area contributed by atoms with E-state index in [9.17, 15) is 0 Å². The molecule has 0 aromatic carbocycles. The second-order valence-corrected chi connectivity index (χ2v) is 20.8. The van der Waals surface area contributed by atoms with Gasteiger partial charge in [0.2, 0.25) is 0 Å². The van der Waals surface area contributed by atoms with Crippen LogP contribution < -0.4 is 0 Å². The molecular weight excluding hydrogens is 300 g/mol. The third-order valence-electron chi connectivity index (χ3n) is 6.04. The minimum atomic E-state index is -1.61. The van der Waals surface area contributed by atoms with Crippen LogP contribution in [0.4, 0.5) is 0 Å². The van der Waals surface area contributed by atoms with Gasteiger partial charge in [0.15, 0.2) is 8.32 Å². The zero-order valence-electron chi connectivity index (χ0n) is 16.9. The van der Waals surface area contributed by atoms with Crippen molar-refractivity contribution >= 4 is 16.4 Å². The first kappa shape index (κ1) is 20.4. The van der Waals surface area contributed by atoms with Crippen LogP contribution in [-0.4, -0.2) is 22.5 Å². The molecule has 1 nitrogen and oxygen atoms in total. The molecule has 1 rings (SSSR count). The molecule has 0 amide bonds. The maximum absolute atomic E-state index is 6.79. The Bertz CT molecular complexity index is 338. The summed E-state index contributed by atoms with van der Waals surface area (Å²) in [5, 5.41) is 0.335. The predicted molar refractivity (Wildman–Crippen MR) is 106 cm³/mol. The Labute approximate surface area is 142 Å². The van der Waals surface area contributed by atoms with E-state index in [1.54, 1.807) is 0 Å². The largest absolute Gasteiger partial charge is 0.414 e. The Kier molecular flexibility index (Phi) is 6.99. The smallest absolute Gasteiger partial charge is 0.192 e. The average Bonchev–Trinajstić information content (AvgIpc) is 2.67. The normalized spacial score (nSPS) is 27.4. The maximum Gasteiger partial charge on any atom is 0.192 e. The summed E-state index contributed by atoms with van der Waals surface area (Å²) < 4.78 is 6.79. The van der Waals surface area contributed by atoms with Crippen LogP contribution in [0.5, 0.6) is 0 Å². The van der Waals surface area contributed by atoms with Gasteiger partial charge in [-0.15, -0.1) is 0 Å². The second-order valence-electron chi connectivity index (χ2n) is 10.4. The van der Waals surface area contributed by atoms with E-state index in [-0.39, 0.29) is 0 Å². The van der Waals surface area contributed by atoms with E-state index >= 15 is 0 Å². The molecule has 1 fully saturated rings. The highest BCUT2D eigenvalue weighted by atomic mass is 28.4.